The average Bonchev–Trinajstić information content (AvgIpc) is 2.64. The number of nitrogens with one attached hydrogen (secondary N) is 2. The number of rotatable bonds is 6. The lowest BCUT2D eigenvalue weighted by atomic mass is 10.0. The van der Waals surface area contributed by atoms with E-state index in [0.29, 0.717) is 30.5 Å². The molecule has 0 aromatic heterocycles. The summed E-state index contributed by atoms with van der Waals surface area (Å²) in [5.41, 5.74) is 1.50. The largest absolute Gasteiger partial charge is 0.357 e. The smallest absolute Gasteiger partial charge is 0.224 e. The lowest BCUT2D eigenvalue weighted by Crippen LogP contribution is -2.42. The van der Waals surface area contributed by atoms with Gasteiger partial charge in [-0.1, -0.05) is 12.1 Å². The zero-order valence-corrected chi connectivity index (χ0v) is 19.8. The van der Waals surface area contributed by atoms with Crippen LogP contribution in [0.1, 0.15) is 63.6 Å². The van der Waals surface area contributed by atoms with E-state index in [9.17, 15) is 9.18 Å². The van der Waals surface area contributed by atoms with Gasteiger partial charge in [-0.3, -0.25) is 9.79 Å². The normalized spacial score (nSPS) is 18.2. The van der Waals surface area contributed by atoms with Crippen molar-refractivity contribution in [1.29, 1.82) is 0 Å². The van der Waals surface area contributed by atoms with E-state index in [1.165, 1.54) is 6.42 Å². The van der Waals surface area contributed by atoms with Crippen LogP contribution in [0.15, 0.2) is 23.2 Å². The topological polar surface area (TPSA) is 56.7 Å². The van der Waals surface area contributed by atoms with E-state index in [2.05, 4.69) is 22.5 Å². The van der Waals surface area contributed by atoms with Crippen LogP contribution in [0, 0.1) is 12.7 Å². The van der Waals surface area contributed by atoms with Crippen LogP contribution in [0.4, 0.5) is 4.39 Å². The maximum Gasteiger partial charge on any atom is 0.224 e. The van der Waals surface area contributed by atoms with Crippen LogP contribution in [0.3, 0.4) is 0 Å². The predicted octanol–water partition coefficient (Wildman–Crippen LogP) is 4.16. The lowest BCUT2D eigenvalue weighted by Gasteiger charge is -2.33. The van der Waals surface area contributed by atoms with Gasteiger partial charge in [0, 0.05) is 25.6 Å². The van der Waals surface area contributed by atoms with Crippen LogP contribution in [-0.2, 0) is 4.79 Å². The fourth-order valence-electron chi connectivity index (χ4n) is 3.36. The summed E-state index contributed by atoms with van der Waals surface area (Å²) in [7, 11) is 0. The summed E-state index contributed by atoms with van der Waals surface area (Å²) in [6.45, 7) is 9.85. The Morgan fingerprint density at radius 1 is 1.39 bits per heavy atom. The molecular weight excluding hydrogens is 470 g/mol. The number of nitrogens with zero attached hydrogens (tertiary/aromatic N) is 2. The molecule has 1 aliphatic heterocycles. The van der Waals surface area contributed by atoms with Gasteiger partial charge < -0.3 is 15.5 Å². The zero-order chi connectivity index (χ0) is 19.8. The Bertz CT molecular complexity index is 668. The molecule has 0 saturated carbocycles. The Balaban J connectivity index is 0.00000392. The number of likely N-dealkylation sites (tertiary alicyclic amines) is 1. The minimum atomic E-state index is -0.204. The quantitative estimate of drug-likeness (QED) is 0.348. The summed E-state index contributed by atoms with van der Waals surface area (Å²) in [6, 6.07) is 5.50. The van der Waals surface area contributed by atoms with Crippen molar-refractivity contribution in [3.63, 3.8) is 0 Å². The second-order valence-electron chi connectivity index (χ2n) is 7.32. The molecule has 0 radical (unpaired) electrons. The maximum atomic E-state index is 13.8. The molecule has 1 fully saturated rings. The molecule has 2 rings (SSSR count). The van der Waals surface area contributed by atoms with Crippen molar-refractivity contribution in [3.8, 4) is 0 Å². The number of benzene rings is 1. The third-order valence-corrected chi connectivity index (χ3v) is 5.11. The second kappa shape index (κ2) is 12.2. The van der Waals surface area contributed by atoms with E-state index in [4.69, 9.17) is 0 Å². The number of carbonyl (C=O) groups excluding carboxylic acids is 1. The van der Waals surface area contributed by atoms with Crippen LogP contribution in [-0.4, -0.2) is 42.4 Å². The van der Waals surface area contributed by atoms with Gasteiger partial charge in [0.1, 0.15) is 5.82 Å². The number of piperidine rings is 1. The number of hydrogen-bond acceptors (Lipinski definition) is 2. The van der Waals surface area contributed by atoms with Gasteiger partial charge in [-0.05, 0) is 64.2 Å². The molecule has 0 spiro atoms. The first-order valence-corrected chi connectivity index (χ1v) is 10.0. The summed E-state index contributed by atoms with van der Waals surface area (Å²) in [6.07, 6.45) is 3.79. The summed E-state index contributed by atoms with van der Waals surface area (Å²) in [5, 5.41) is 6.48. The lowest BCUT2D eigenvalue weighted by molar-refractivity contribution is -0.134. The molecule has 1 aromatic carbocycles. The second-order valence-corrected chi connectivity index (χ2v) is 7.32. The molecule has 2 N–H and O–H groups in total. The molecule has 0 bridgehead atoms. The SMILES string of the molecule is CCNC(=NCCC(=O)N1CCCCC1C)NC(C)c1ccc(C)c(F)c1.I. The van der Waals surface area contributed by atoms with Crippen LogP contribution in [0.25, 0.3) is 0 Å². The first-order valence-electron chi connectivity index (χ1n) is 10.0. The first-order chi connectivity index (χ1) is 12.9. The molecule has 5 nitrogen and oxygen atoms in total. The molecule has 1 aromatic rings. The molecule has 0 aliphatic carbocycles. The van der Waals surface area contributed by atoms with Crippen LogP contribution in [0.2, 0.25) is 0 Å². The summed E-state index contributed by atoms with van der Waals surface area (Å²) < 4.78 is 13.8. The van der Waals surface area contributed by atoms with E-state index in [0.717, 1.165) is 31.5 Å². The van der Waals surface area contributed by atoms with Gasteiger partial charge in [-0.2, -0.15) is 0 Å². The van der Waals surface area contributed by atoms with Gasteiger partial charge in [-0.15, -0.1) is 24.0 Å². The molecule has 2 unspecified atom stereocenters. The number of hydrogen-bond donors (Lipinski definition) is 2. The fraction of sp³-hybridized carbons (Fsp3) is 0.619. The Kier molecular flexibility index (Phi) is 10.8. The Morgan fingerprint density at radius 3 is 2.79 bits per heavy atom. The van der Waals surface area contributed by atoms with E-state index in [1.54, 1.807) is 19.1 Å². The van der Waals surface area contributed by atoms with Crippen molar-refractivity contribution < 1.29 is 9.18 Å². The van der Waals surface area contributed by atoms with Crippen molar-refractivity contribution in [2.24, 2.45) is 4.99 Å². The number of aryl methyl sites for hydroxylation is 1. The predicted molar refractivity (Wildman–Crippen MR) is 124 cm³/mol. The van der Waals surface area contributed by atoms with Gasteiger partial charge in [0.05, 0.1) is 12.6 Å². The fourth-order valence-corrected chi connectivity index (χ4v) is 3.36. The highest BCUT2D eigenvalue weighted by molar-refractivity contribution is 14.0. The zero-order valence-electron chi connectivity index (χ0n) is 17.4. The minimum Gasteiger partial charge on any atom is -0.357 e. The Morgan fingerprint density at radius 2 is 2.14 bits per heavy atom. The van der Waals surface area contributed by atoms with Gasteiger partial charge in [0.2, 0.25) is 5.91 Å². The van der Waals surface area contributed by atoms with Crippen molar-refractivity contribution in [2.75, 3.05) is 19.6 Å². The third kappa shape index (κ3) is 7.22. The van der Waals surface area contributed by atoms with Gasteiger partial charge in [0.25, 0.3) is 0 Å². The molecule has 1 heterocycles. The van der Waals surface area contributed by atoms with Gasteiger partial charge in [0.15, 0.2) is 5.96 Å². The van der Waals surface area contributed by atoms with Gasteiger partial charge >= 0.3 is 0 Å². The molecule has 1 saturated heterocycles. The van der Waals surface area contributed by atoms with E-state index in [1.807, 2.05) is 24.8 Å². The summed E-state index contributed by atoms with van der Waals surface area (Å²) in [4.78, 5) is 19.0. The minimum absolute atomic E-state index is 0. The highest BCUT2D eigenvalue weighted by Gasteiger charge is 2.22. The first kappa shape index (κ1) is 24.7. The van der Waals surface area contributed by atoms with Crippen LogP contribution < -0.4 is 10.6 Å². The van der Waals surface area contributed by atoms with Crippen molar-refractivity contribution >= 4 is 35.8 Å². The van der Waals surface area contributed by atoms with Crippen molar-refractivity contribution in [3.05, 3.63) is 35.1 Å². The Labute approximate surface area is 185 Å². The summed E-state index contributed by atoms with van der Waals surface area (Å²) >= 11 is 0. The standard InChI is InChI=1S/C21H33FN4O.HI/c1-5-23-21(25-17(4)18-10-9-15(2)19(22)14-18)24-12-11-20(27)26-13-7-6-8-16(26)3;/h9-10,14,16-17H,5-8,11-13H2,1-4H3,(H2,23,24,25);1H. The monoisotopic (exact) mass is 504 g/mol. The molecule has 158 valence electrons. The van der Waals surface area contributed by atoms with E-state index < -0.39 is 0 Å². The number of aliphatic imine (C=N–C) groups is 1. The van der Waals surface area contributed by atoms with Crippen molar-refractivity contribution in [1.82, 2.24) is 15.5 Å². The average molecular weight is 504 g/mol. The highest BCUT2D eigenvalue weighted by Crippen LogP contribution is 2.18. The summed E-state index contributed by atoms with van der Waals surface area (Å²) in [5.74, 6) is 0.616. The van der Waals surface area contributed by atoms with E-state index >= 15 is 0 Å². The third-order valence-electron chi connectivity index (χ3n) is 5.11. The van der Waals surface area contributed by atoms with Crippen LogP contribution in [0.5, 0.6) is 0 Å². The molecule has 2 atom stereocenters. The number of guanidine groups is 1. The molecular formula is C21H34FIN4O. The molecule has 28 heavy (non-hydrogen) atoms. The molecule has 1 aliphatic rings. The number of halogens is 2. The molecule has 1 amide bonds. The highest BCUT2D eigenvalue weighted by atomic mass is 127. The van der Waals surface area contributed by atoms with Crippen LogP contribution >= 0.6 is 24.0 Å². The number of carbonyl (C=O) groups is 1. The molecule has 7 heteroatoms. The maximum absolute atomic E-state index is 13.8. The number of amides is 1. The van der Waals surface area contributed by atoms with E-state index in [-0.39, 0.29) is 41.7 Å². The van der Waals surface area contributed by atoms with Gasteiger partial charge in [-0.25, -0.2) is 4.39 Å². The van der Waals surface area contributed by atoms with Crippen molar-refractivity contribution in [2.45, 2.75) is 65.5 Å². The Hall–Kier alpha value is -1.38.